The number of nitrogens with one attached hydrogen (secondary N) is 1. The number of hydrogen-bond acceptors (Lipinski definition) is 2. The molecule has 2 heteroatoms. The molecule has 2 nitrogen and oxygen atoms in total. The molecule has 2 rings (SSSR count). The van der Waals surface area contributed by atoms with Gasteiger partial charge in [-0.05, 0) is 45.8 Å². The highest BCUT2D eigenvalue weighted by Gasteiger charge is 2.23. The Labute approximate surface area is 105 Å². The Hall–Kier alpha value is -0.860. The lowest BCUT2D eigenvalue weighted by Crippen LogP contribution is -2.46. The van der Waals surface area contributed by atoms with E-state index in [1.165, 1.54) is 24.9 Å². The van der Waals surface area contributed by atoms with E-state index in [2.05, 4.69) is 61.4 Å². The maximum Gasteiger partial charge on any atom is 0.0294 e. The number of rotatable bonds is 3. The van der Waals surface area contributed by atoms with E-state index >= 15 is 0 Å². The first-order chi connectivity index (χ1) is 8.16. The van der Waals surface area contributed by atoms with Crippen LogP contribution in [0.15, 0.2) is 30.3 Å². The molecule has 1 aromatic carbocycles. The van der Waals surface area contributed by atoms with Gasteiger partial charge in [0.05, 0.1) is 0 Å². The molecule has 1 heterocycles. The van der Waals surface area contributed by atoms with Crippen LogP contribution in [0.25, 0.3) is 0 Å². The van der Waals surface area contributed by atoms with E-state index in [-0.39, 0.29) is 0 Å². The first-order valence-electron chi connectivity index (χ1n) is 6.68. The predicted octanol–water partition coefficient (Wildman–Crippen LogP) is 2.82. The van der Waals surface area contributed by atoms with Crippen molar-refractivity contribution in [3.8, 4) is 0 Å². The van der Waals surface area contributed by atoms with Crippen molar-refractivity contribution in [2.45, 2.75) is 44.8 Å². The zero-order valence-corrected chi connectivity index (χ0v) is 11.2. The maximum absolute atomic E-state index is 3.76. The van der Waals surface area contributed by atoms with Crippen LogP contribution in [0.1, 0.15) is 38.3 Å². The summed E-state index contributed by atoms with van der Waals surface area (Å²) >= 11 is 0. The van der Waals surface area contributed by atoms with Crippen molar-refractivity contribution >= 4 is 0 Å². The molecule has 3 unspecified atom stereocenters. The predicted molar refractivity (Wildman–Crippen MR) is 73.1 cm³/mol. The Morgan fingerprint density at radius 2 is 2.00 bits per heavy atom. The van der Waals surface area contributed by atoms with Crippen molar-refractivity contribution in [3.63, 3.8) is 0 Å². The van der Waals surface area contributed by atoms with Crippen molar-refractivity contribution in [2.24, 2.45) is 0 Å². The van der Waals surface area contributed by atoms with E-state index in [4.69, 9.17) is 0 Å². The fourth-order valence-corrected chi connectivity index (χ4v) is 2.63. The second-order valence-corrected chi connectivity index (χ2v) is 5.35. The van der Waals surface area contributed by atoms with Gasteiger partial charge in [0.15, 0.2) is 0 Å². The van der Waals surface area contributed by atoms with Gasteiger partial charge in [-0.25, -0.2) is 0 Å². The molecule has 0 saturated carbocycles. The third-order valence-corrected chi connectivity index (χ3v) is 3.99. The van der Waals surface area contributed by atoms with E-state index in [0.29, 0.717) is 18.1 Å². The van der Waals surface area contributed by atoms with Gasteiger partial charge < -0.3 is 10.2 Å². The minimum Gasteiger partial charge on any atom is -0.307 e. The summed E-state index contributed by atoms with van der Waals surface area (Å²) in [6.07, 6.45) is 2.52. The van der Waals surface area contributed by atoms with Gasteiger partial charge in [0.1, 0.15) is 0 Å². The summed E-state index contributed by atoms with van der Waals surface area (Å²) in [5.41, 5.74) is 1.39. The molecule has 3 atom stereocenters. The molecule has 0 radical (unpaired) electrons. The summed E-state index contributed by atoms with van der Waals surface area (Å²) in [6, 6.07) is 12.5. The quantitative estimate of drug-likeness (QED) is 0.862. The summed E-state index contributed by atoms with van der Waals surface area (Å²) < 4.78 is 0. The smallest absolute Gasteiger partial charge is 0.0294 e. The van der Waals surface area contributed by atoms with Crippen LogP contribution in [-0.2, 0) is 0 Å². The second kappa shape index (κ2) is 5.65. The van der Waals surface area contributed by atoms with E-state index in [0.717, 1.165) is 0 Å². The standard InChI is InChI=1S/C15H24N2/c1-12-11-15(9-10-17(12)3)16-13(2)14-7-5-4-6-8-14/h4-8,12-13,15-16H,9-11H2,1-3H3. The molecule has 1 aliphatic rings. The first-order valence-corrected chi connectivity index (χ1v) is 6.68. The normalized spacial score (nSPS) is 27.9. The minimum atomic E-state index is 0.455. The monoisotopic (exact) mass is 232 g/mol. The molecular formula is C15H24N2. The third kappa shape index (κ3) is 3.30. The Morgan fingerprint density at radius 1 is 1.29 bits per heavy atom. The zero-order chi connectivity index (χ0) is 12.3. The van der Waals surface area contributed by atoms with Crippen LogP contribution >= 0.6 is 0 Å². The van der Waals surface area contributed by atoms with Gasteiger partial charge in [-0.1, -0.05) is 30.3 Å². The average molecular weight is 232 g/mol. The van der Waals surface area contributed by atoms with Gasteiger partial charge in [-0.15, -0.1) is 0 Å². The van der Waals surface area contributed by atoms with Crippen LogP contribution in [-0.4, -0.2) is 30.6 Å². The molecule has 1 aliphatic heterocycles. The maximum atomic E-state index is 3.76. The summed E-state index contributed by atoms with van der Waals surface area (Å²) in [4.78, 5) is 2.45. The van der Waals surface area contributed by atoms with Crippen molar-refractivity contribution in [1.82, 2.24) is 10.2 Å². The first kappa shape index (κ1) is 12.6. The van der Waals surface area contributed by atoms with Crippen molar-refractivity contribution in [3.05, 3.63) is 35.9 Å². The molecule has 0 aliphatic carbocycles. The van der Waals surface area contributed by atoms with Gasteiger partial charge >= 0.3 is 0 Å². The summed E-state index contributed by atoms with van der Waals surface area (Å²) in [5.74, 6) is 0. The van der Waals surface area contributed by atoms with Gasteiger partial charge in [-0.2, -0.15) is 0 Å². The SMILES string of the molecule is CC(NC1CCN(C)C(C)C1)c1ccccc1. The second-order valence-electron chi connectivity index (χ2n) is 5.35. The van der Waals surface area contributed by atoms with Crippen LogP contribution in [0, 0.1) is 0 Å². The molecule has 94 valence electrons. The van der Waals surface area contributed by atoms with E-state index in [9.17, 15) is 0 Å². The van der Waals surface area contributed by atoms with Crippen LogP contribution < -0.4 is 5.32 Å². The molecule has 0 bridgehead atoms. The number of piperidine rings is 1. The topological polar surface area (TPSA) is 15.3 Å². The fraction of sp³-hybridized carbons (Fsp3) is 0.600. The molecule has 1 saturated heterocycles. The third-order valence-electron chi connectivity index (χ3n) is 3.99. The number of benzene rings is 1. The number of likely N-dealkylation sites (tertiary alicyclic amines) is 1. The molecule has 17 heavy (non-hydrogen) atoms. The molecule has 0 amide bonds. The van der Waals surface area contributed by atoms with Gasteiger partial charge in [-0.3, -0.25) is 0 Å². The highest BCUT2D eigenvalue weighted by molar-refractivity contribution is 5.18. The number of hydrogen-bond donors (Lipinski definition) is 1. The molecule has 0 spiro atoms. The van der Waals surface area contributed by atoms with Gasteiger partial charge in [0, 0.05) is 18.1 Å². The van der Waals surface area contributed by atoms with Gasteiger partial charge in [0.2, 0.25) is 0 Å². The molecule has 0 aromatic heterocycles. The highest BCUT2D eigenvalue weighted by atomic mass is 15.1. The minimum absolute atomic E-state index is 0.455. The van der Waals surface area contributed by atoms with Crippen LogP contribution in [0.5, 0.6) is 0 Å². The molecule has 1 N–H and O–H groups in total. The van der Waals surface area contributed by atoms with E-state index in [1.54, 1.807) is 0 Å². The average Bonchev–Trinajstić information content (AvgIpc) is 2.35. The lowest BCUT2D eigenvalue weighted by molar-refractivity contribution is 0.163. The van der Waals surface area contributed by atoms with Crippen LogP contribution in [0.2, 0.25) is 0 Å². The van der Waals surface area contributed by atoms with Gasteiger partial charge in [0.25, 0.3) is 0 Å². The van der Waals surface area contributed by atoms with Crippen molar-refractivity contribution < 1.29 is 0 Å². The van der Waals surface area contributed by atoms with Crippen LogP contribution in [0.4, 0.5) is 0 Å². The fourth-order valence-electron chi connectivity index (χ4n) is 2.63. The van der Waals surface area contributed by atoms with Crippen molar-refractivity contribution in [1.29, 1.82) is 0 Å². The van der Waals surface area contributed by atoms with Crippen LogP contribution in [0.3, 0.4) is 0 Å². The Balaban J connectivity index is 1.89. The van der Waals surface area contributed by atoms with Crippen molar-refractivity contribution in [2.75, 3.05) is 13.6 Å². The Morgan fingerprint density at radius 3 is 2.65 bits per heavy atom. The largest absolute Gasteiger partial charge is 0.307 e. The van der Waals surface area contributed by atoms with E-state index < -0.39 is 0 Å². The summed E-state index contributed by atoms with van der Waals surface area (Å²) in [5, 5.41) is 3.76. The Kier molecular flexibility index (Phi) is 4.19. The summed E-state index contributed by atoms with van der Waals surface area (Å²) in [6.45, 7) is 5.79. The molecule has 1 fully saturated rings. The van der Waals surface area contributed by atoms with E-state index in [1.807, 2.05) is 0 Å². The number of nitrogens with zero attached hydrogens (tertiary/aromatic N) is 1. The summed E-state index contributed by atoms with van der Waals surface area (Å²) in [7, 11) is 2.22. The molecule has 1 aromatic rings. The highest BCUT2D eigenvalue weighted by Crippen LogP contribution is 2.19. The lowest BCUT2D eigenvalue weighted by Gasteiger charge is -2.36. The molecular weight excluding hydrogens is 208 g/mol. The zero-order valence-electron chi connectivity index (χ0n) is 11.2. The Bertz CT molecular complexity index is 336. The lowest BCUT2D eigenvalue weighted by atomic mass is 9.97.